The molecule has 3 rings (SSSR count). The van der Waals surface area contributed by atoms with Crippen LogP contribution in [0.4, 0.5) is 11.4 Å². The normalized spacial score (nSPS) is 10.8. The van der Waals surface area contributed by atoms with Gasteiger partial charge in [-0.15, -0.1) is 0 Å². The number of aromatic nitrogens is 1. The van der Waals surface area contributed by atoms with E-state index in [0.717, 1.165) is 16.9 Å². The molecule has 6 heteroatoms. The van der Waals surface area contributed by atoms with E-state index in [9.17, 15) is 9.59 Å². The highest BCUT2D eigenvalue weighted by Gasteiger charge is 2.23. The van der Waals surface area contributed by atoms with Gasteiger partial charge in [0.25, 0.3) is 5.56 Å². The number of ketones is 1. The van der Waals surface area contributed by atoms with Crippen LogP contribution in [0.25, 0.3) is 5.69 Å². The van der Waals surface area contributed by atoms with Crippen molar-refractivity contribution in [2.24, 2.45) is 0 Å². The van der Waals surface area contributed by atoms with Crippen molar-refractivity contribution in [3.05, 3.63) is 85.8 Å². The number of carbonyl (C=O) groups is 1. The zero-order chi connectivity index (χ0) is 21.1. The predicted octanol–water partition coefficient (Wildman–Crippen LogP) is 6.35. The van der Waals surface area contributed by atoms with Gasteiger partial charge in [0.15, 0.2) is 5.78 Å². The summed E-state index contributed by atoms with van der Waals surface area (Å²) in [6.45, 7) is 5.67. The van der Waals surface area contributed by atoms with Gasteiger partial charge in [-0.3, -0.25) is 14.2 Å². The number of hydrogen-bond acceptors (Lipinski definition) is 3. The Bertz CT molecular complexity index is 1100. The number of nitrogens with zero attached hydrogens (tertiary/aromatic N) is 1. The summed E-state index contributed by atoms with van der Waals surface area (Å²) in [6, 6.07) is 14.2. The minimum Gasteiger partial charge on any atom is -0.354 e. The lowest BCUT2D eigenvalue weighted by Gasteiger charge is -2.21. The lowest BCUT2D eigenvalue weighted by Crippen LogP contribution is -2.30. The maximum atomic E-state index is 13.5. The largest absolute Gasteiger partial charge is 0.354 e. The fourth-order valence-electron chi connectivity index (χ4n) is 3.40. The molecule has 2 aromatic carbocycles. The lowest BCUT2D eigenvalue weighted by atomic mass is 10.0. The standard InChI is InChI=1S/C23H22Cl2N2O2/c1-4-19-14(3)22(26-17-10-6-15(24)7-11-17)21(20(28)5-2)23(29)27(19)18-12-8-16(25)9-13-18/h6-13,26H,4-5H2,1-3H3. The van der Waals surface area contributed by atoms with Crippen LogP contribution < -0.4 is 10.9 Å². The van der Waals surface area contributed by atoms with Crippen molar-refractivity contribution in [2.75, 3.05) is 5.32 Å². The molecular weight excluding hydrogens is 407 g/mol. The van der Waals surface area contributed by atoms with Crippen LogP contribution in [0.3, 0.4) is 0 Å². The van der Waals surface area contributed by atoms with Crippen LogP contribution in [0.2, 0.25) is 10.0 Å². The van der Waals surface area contributed by atoms with Gasteiger partial charge in [-0.1, -0.05) is 37.0 Å². The third-order valence-corrected chi connectivity index (χ3v) is 5.38. The monoisotopic (exact) mass is 428 g/mol. The number of Topliss-reactive ketones (excluding diaryl/α,β-unsaturated/α-hetero) is 1. The van der Waals surface area contributed by atoms with Gasteiger partial charge in [0.2, 0.25) is 0 Å². The summed E-state index contributed by atoms with van der Waals surface area (Å²) in [4.78, 5) is 26.3. The van der Waals surface area contributed by atoms with Crippen molar-refractivity contribution in [3.63, 3.8) is 0 Å². The first-order valence-electron chi connectivity index (χ1n) is 9.47. The van der Waals surface area contributed by atoms with Crippen molar-refractivity contribution in [1.82, 2.24) is 4.57 Å². The molecule has 0 aliphatic heterocycles. The van der Waals surface area contributed by atoms with Crippen molar-refractivity contribution in [2.45, 2.75) is 33.6 Å². The number of pyridine rings is 1. The second-order valence-electron chi connectivity index (χ2n) is 6.70. The van der Waals surface area contributed by atoms with Gasteiger partial charge in [0.05, 0.1) is 5.69 Å². The molecule has 0 bridgehead atoms. The number of nitrogens with one attached hydrogen (secondary N) is 1. The second kappa shape index (κ2) is 8.85. The minimum absolute atomic E-state index is 0.159. The van der Waals surface area contributed by atoms with Crippen molar-refractivity contribution < 1.29 is 4.79 Å². The molecule has 29 heavy (non-hydrogen) atoms. The van der Waals surface area contributed by atoms with Gasteiger partial charge in [-0.25, -0.2) is 0 Å². The summed E-state index contributed by atoms with van der Waals surface area (Å²) in [7, 11) is 0. The Labute approximate surface area is 180 Å². The first-order valence-corrected chi connectivity index (χ1v) is 10.2. The maximum absolute atomic E-state index is 13.5. The highest BCUT2D eigenvalue weighted by molar-refractivity contribution is 6.30. The van der Waals surface area contributed by atoms with Crippen LogP contribution in [-0.2, 0) is 6.42 Å². The van der Waals surface area contributed by atoms with E-state index in [1.165, 1.54) is 0 Å². The average Bonchev–Trinajstić information content (AvgIpc) is 2.72. The van der Waals surface area contributed by atoms with Crippen LogP contribution in [0, 0.1) is 6.92 Å². The molecule has 1 heterocycles. The SMILES string of the molecule is CCC(=O)c1c(Nc2ccc(Cl)cc2)c(C)c(CC)n(-c2ccc(Cl)cc2)c1=O. The molecule has 4 nitrogen and oxygen atoms in total. The number of carbonyl (C=O) groups excluding carboxylic acids is 1. The first kappa shape index (κ1) is 21.2. The van der Waals surface area contributed by atoms with E-state index in [-0.39, 0.29) is 23.3 Å². The summed E-state index contributed by atoms with van der Waals surface area (Å²) in [6.07, 6.45) is 0.857. The van der Waals surface area contributed by atoms with Gasteiger partial charge in [-0.05, 0) is 67.4 Å². The molecule has 0 saturated heterocycles. The quantitative estimate of drug-likeness (QED) is 0.465. The van der Waals surface area contributed by atoms with Crippen molar-refractivity contribution >= 4 is 40.4 Å². The fraction of sp³-hybridized carbons (Fsp3) is 0.217. The fourth-order valence-corrected chi connectivity index (χ4v) is 3.65. The van der Waals surface area contributed by atoms with E-state index in [0.29, 0.717) is 27.8 Å². The van der Waals surface area contributed by atoms with Crippen LogP contribution >= 0.6 is 23.2 Å². The molecule has 0 unspecified atom stereocenters. The molecule has 0 spiro atoms. The Kier molecular flexibility index (Phi) is 6.46. The smallest absolute Gasteiger partial charge is 0.268 e. The molecule has 0 fully saturated rings. The van der Waals surface area contributed by atoms with Crippen LogP contribution in [-0.4, -0.2) is 10.4 Å². The van der Waals surface area contributed by atoms with E-state index < -0.39 is 0 Å². The molecule has 1 N–H and O–H groups in total. The predicted molar refractivity (Wildman–Crippen MR) is 121 cm³/mol. The summed E-state index contributed by atoms with van der Waals surface area (Å²) in [5, 5.41) is 4.47. The lowest BCUT2D eigenvalue weighted by molar-refractivity contribution is 0.0987. The minimum atomic E-state index is -0.335. The molecule has 1 aromatic heterocycles. The van der Waals surface area contributed by atoms with Crippen molar-refractivity contribution in [3.8, 4) is 5.69 Å². The Hall–Kier alpha value is -2.56. The Morgan fingerprint density at radius 2 is 1.52 bits per heavy atom. The van der Waals surface area contributed by atoms with E-state index in [2.05, 4.69) is 5.32 Å². The zero-order valence-corrected chi connectivity index (χ0v) is 18.1. The molecule has 3 aromatic rings. The molecule has 0 amide bonds. The Morgan fingerprint density at radius 3 is 2.03 bits per heavy atom. The maximum Gasteiger partial charge on any atom is 0.268 e. The highest BCUT2D eigenvalue weighted by Crippen LogP contribution is 2.29. The Balaban J connectivity index is 2.29. The van der Waals surface area contributed by atoms with Gasteiger partial charge in [0.1, 0.15) is 5.56 Å². The number of benzene rings is 2. The van der Waals surface area contributed by atoms with E-state index >= 15 is 0 Å². The summed E-state index contributed by atoms with van der Waals surface area (Å²) < 4.78 is 1.61. The van der Waals surface area contributed by atoms with E-state index in [1.54, 1.807) is 47.9 Å². The second-order valence-corrected chi connectivity index (χ2v) is 7.57. The number of anilines is 2. The van der Waals surface area contributed by atoms with Gasteiger partial charge >= 0.3 is 0 Å². The Morgan fingerprint density at radius 1 is 0.966 bits per heavy atom. The van der Waals surface area contributed by atoms with Crippen LogP contribution in [0.1, 0.15) is 41.9 Å². The summed E-state index contributed by atoms with van der Waals surface area (Å²) in [5.74, 6) is -0.208. The molecule has 0 atom stereocenters. The first-order chi connectivity index (χ1) is 13.9. The molecular formula is C23H22Cl2N2O2. The molecule has 0 aliphatic rings. The number of rotatable bonds is 6. The zero-order valence-electron chi connectivity index (χ0n) is 16.6. The van der Waals surface area contributed by atoms with Gasteiger partial charge in [-0.2, -0.15) is 0 Å². The topological polar surface area (TPSA) is 51.1 Å². The van der Waals surface area contributed by atoms with Crippen molar-refractivity contribution in [1.29, 1.82) is 0 Å². The van der Waals surface area contributed by atoms with Crippen LogP contribution in [0.5, 0.6) is 0 Å². The summed E-state index contributed by atoms with van der Waals surface area (Å²) >= 11 is 12.0. The molecule has 0 aliphatic carbocycles. The molecule has 150 valence electrons. The number of hydrogen-bond donors (Lipinski definition) is 1. The van der Waals surface area contributed by atoms with Gasteiger partial charge in [0, 0.05) is 33.5 Å². The molecule has 0 radical (unpaired) electrons. The third kappa shape index (κ3) is 4.24. The van der Waals surface area contributed by atoms with E-state index in [1.807, 2.05) is 26.0 Å². The average molecular weight is 429 g/mol. The number of halogens is 2. The van der Waals surface area contributed by atoms with Gasteiger partial charge < -0.3 is 5.32 Å². The van der Waals surface area contributed by atoms with Crippen LogP contribution in [0.15, 0.2) is 53.3 Å². The van der Waals surface area contributed by atoms with E-state index in [4.69, 9.17) is 23.2 Å². The summed E-state index contributed by atoms with van der Waals surface area (Å²) in [5.41, 5.74) is 3.50. The highest BCUT2D eigenvalue weighted by atomic mass is 35.5. The third-order valence-electron chi connectivity index (χ3n) is 4.88. The molecule has 0 saturated carbocycles.